The zero-order valence-corrected chi connectivity index (χ0v) is 14.7. The molecule has 3 N–H and O–H groups in total. The summed E-state index contributed by atoms with van der Waals surface area (Å²) in [6, 6.07) is 3.79. The number of nitrogens with one attached hydrogen (secondary N) is 2. The Kier molecular flexibility index (Phi) is 5.32. The Balaban J connectivity index is 1.70. The fourth-order valence-corrected chi connectivity index (χ4v) is 2.56. The van der Waals surface area contributed by atoms with Gasteiger partial charge in [-0.3, -0.25) is 10.1 Å². The second kappa shape index (κ2) is 7.83. The molecule has 0 fully saturated rings. The van der Waals surface area contributed by atoms with Gasteiger partial charge in [-0.15, -0.1) is 0 Å². The summed E-state index contributed by atoms with van der Waals surface area (Å²) >= 11 is 0. The van der Waals surface area contributed by atoms with Crippen LogP contribution in [-0.2, 0) is 6.54 Å². The number of phenolic OH excluding ortho intramolecular Hbond substituents is 1. The maximum Gasteiger partial charge on any atom is 0.243 e. The molecule has 0 atom stereocenters. The van der Waals surface area contributed by atoms with Crippen LogP contribution in [0.15, 0.2) is 43.4 Å². The van der Waals surface area contributed by atoms with Gasteiger partial charge in [-0.2, -0.15) is 10.2 Å². The van der Waals surface area contributed by atoms with Gasteiger partial charge in [-0.05, 0) is 18.2 Å². The summed E-state index contributed by atoms with van der Waals surface area (Å²) in [5.41, 5.74) is 1.93. The van der Waals surface area contributed by atoms with Crippen LogP contribution in [0.4, 0.5) is 10.2 Å². The number of aromatic hydroxyl groups is 1. The summed E-state index contributed by atoms with van der Waals surface area (Å²) < 4.78 is 16.1. The van der Waals surface area contributed by atoms with Gasteiger partial charge in [-0.25, -0.2) is 13.8 Å². The van der Waals surface area contributed by atoms with E-state index < -0.39 is 5.82 Å². The molecule has 0 aliphatic heterocycles. The van der Waals surface area contributed by atoms with Crippen molar-refractivity contribution in [1.29, 1.82) is 0 Å². The number of nitrogens with zero attached hydrogens (tertiary/aromatic N) is 4. The molecule has 0 spiro atoms. The van der Waals surface area contributed by atoms with Crippen molar-refractivity contribution in [1.82, 2.24) is 24.9 Å². The molecule has 1 aromatic carbocycles. The molecule has 0 bridgehead atoms. The Bertz CT molecular complexity index is 978. The van der Waals surface area contributed by atoms with Gasteiger partial charge < -0.3 is 10.4 Å². The first-order valence-electron chi connectivity index (χ1n) is 8.17. The summed E-state index contributed by atoms with van der Waals surface area (Å²) in [4.78, 5) is 11.4. The maximum atomic E-state index is 13.3. The molecule has 0 aliphatic carbocycles. The van der Waals surface area contributed by atoms with E-state index in [0.29, 0.717) is 18.1 Å². The molecule has 0 unspecified atom stereocenters. The Morgan fingerprint density at radius 3 is 2.89 bits per heavy atom. The highest BCUT2D eigenvalue weighted by atomic mass is 19.1. The summed E-state index contributed by atoms with van der Waals surface area (Å²) in [7, 11) is 0. The molecule has 2 aromatic heterocycles. The van der Waals surface area contributed by atoms with Crippen LogP contribution < -0.4 is 10.6 Å². The normalized spacial score (nSPS) is 10.7. The lowest BCUT2D eigenvalue weighted by Crippen LogP contribution is -2.22. The van der Waals surface area contributed by atoms with E-state index >= 15 is 0 Å². The number of rotatable bonds is 7. The Morgan fingerprint density at radius 1 is 1.37 bits per heavy atom. The van der Waals surface area contributed by atoms with Gasteiger partial charge in [0, 0.05) is 42.6 Å². The van der Waals surface area contributed by atoms with Crippen molar-refractivity contribution in [2.24, 2.45) is 0 Å². The van der Waals surface area contributed by atoms with Gasteiger partial charge in [0.15, 0.2) is 0 Å². The van der Waals surface area contributed by atoms with Crippen LogP contribution >= 0.6 is 0 Å². The van der Waals surface area contributed by atoms with Crippen molar-refractivity contribution in [3.8, 4) is 16.9 Å². The van der Waals surface area contributed by atoms with Gasteiger partial charge in [-0.1, -0.05) is 6.58 Å². The largest absolute Gasteiger partial charge is 0.508 e. The summed E-state index contributed by atoms with van der Waals surface area (Å²) in [5.74, 6) is 0.0805. The second-order valence-electron chi connectivity index (χ2n) is 5.78. The lowest BCUT2D eigenvalue weighted by atomic mass is 10.2. The third-order valence-corrected chi connectivity index (χ3v) is 3.92. The van der Waals surface area contributed by atoms with E-state index in [2.05, 4.69) is 27.4 Å². The predicted molar refractivity (Wildman–Crippen MR) is 99.5 cm³/mol. The number of hydrogen-bond acceptors (Lipinski definition) is 6. The van der Waals surface area contributed by atoms with Gasteiger partial charge >= 0.3 is 0 Å². The van der Waals surface area contributed by atoms with Crippen LogP contribution in [-0.4, -0.2) is 37.2 Å². The number of aromatic nitrogens is 4. The van der Waals surface area contributed by atoms with Gasteiger partial charge in [0.2, 0.25) is 5.91 Å². The standard InChI is InChI=1S/C18H19FN6O2/c1-3-24-18(16(9-23-24)14-8-22-25(10-14)12(2)26)21-11-20-7-13-6-15(19)4-5-17(13)27/h3-6,8-10,20-21,27H,1,7,11H2,2H3. The number of anilines is 1. The molecular weight excluding hydrogens is 351 g/mol. The van der Waals surface area contributed by atoms with E-state index in [9.17, 15) is 14.3 Å². The first kappa shape index (κ1) is 18.3. The number of carbonyl (C=O) groups excluding carboxylic acids is 1. The van der Waals surface area contributed by atoms with E-state index in [1.165, 1.54) is 29.8 Å². The fourth-order valence-electron chi connectivity index (χ4n) is 2.56. The zero-order chi connectivity index (χ0) is 19.4. The minimum Gasteiger partial charge on any atom is -0.508 e. The Labute approximate surface area is 154 Å². The molecule has 9 heteroatoms. The summed E-state index contributed by atoms with van der Waals surface area (Å²) in [6.45, 7) is 5.74. The van der Waals surface area contributed by atoms with Crippen LogP contribution in [0.5, 0.6) is 5.75 Å². The van der Waals surface area contributed by atoms with Crippen molar-refractivity contribution in [3.05, 3.63) is 54.7 Å². The average molecular weight is 370 g/mol. The SMILES string of the molecule is C=Cn1ncc(-c2cnn(C(C)=O)c2)c1NCNCc1cc(F)ccc1O. The van der Waals surface area contributed by atoms with Gasteiger partial charge in [0.1, 0.15) is 17.4 Å². The topological polar surface area (TPSA) is 97.0 Å². The highest BCUT2D eigenvalue weighted by Crippen LogP contribution is 2.27. The zero-order valence-electron chi connectivity index (χ0n) is 14.7. The highest BCUT2D eigenvalue weighted by Gasteiger charge is 2.14. The van der Waals surface area contributed by atoms with Crippen molar-refractivity contribution in [2.45, 2.75) is 13.5 Å². The van der Waals surface area contributed by atoms with E-state index in [1.807, 2.05) is 0 Å². The summed E-state index contributed by atoms with van der Waals surface area (Å²) in [5, 5.41) is 24.2. The Hall–Kier alpha value is -3.46. The van der Waals surface area contributed by atoms with Crippen LogP contribution in [0.25, 0.3) is 17.3 Å². The molecule has 27 heavy (non-hydrogen) atoms. The molecule has 0 saturated heterocycles. The lowest BCUT2D eigenvalue weighted by molar-refractivity contribution is 0.0921. The van der Waals surface area contributed by atoms with Crippen molar-refractivity contribution in [3.63, 3.8) is 0 Å². The van der Waals surface area contributed by atoms with Crippen LogP contribution in [0.1, 0.15) is 17.3 Å². The van der Waals surface area contributed by atoms with E-state index in [0.717, 1.165) is 11.1 Å². The Morgan fingerprint density at radius 2 is 2.19 bits per heavy atom. The lowest BCUT2D eigenvalue weighted by Gasteiger charge is -2.11. The number of phenols is 1. The molecule has 140 valence electrons. The number of halogens is 1. The minimum atomic E-state index is -0.410. The molecule has 0 amide bonds. The van der Waals surface area contributed by atoms with E-state index in [1.54, 1.807) is 29.5 Å². The molecule has 3 rings (SSSR count). The molecular formula is C18H19FN6O2. The first-order valence-corrected chi connectivity index (χ1v) is 8.17. The van der Waals surface area contributed by atoms with Crippen LogP contribution in [0.2, 0.25) is 0 Å². The van der Waals surface area contributed by atoms with Crippen molar-refractivity contribution >= 4 is 17.9 Å². The third kappa shape index (κ3) is 4.04. The first-order chi connectivity index (χ1) is 13.0. The summed E-state index contributed by atoms with van der Waals surface area (Å²) in [6.07, 6.45) is 6.38. The molecule has 3 aromatic rings. The van der Waals surface area contributed by atoms with Gasteiger partial charge in [0.25, 0.3) is 0 Å². The smallest absolute Gasteiger partial charge is 0.243 e. The minimum absolute atomic E-state index is 0.0253. The highest BCUT2D eigenvalue weighted by molar-refractivity contribution is 5.80. The molecule has 8 nitrogen and oxygen atoms in total. The van der Waals surface area contributed by atoms with Crippen LogP contribution in [0, 0.1) is 5.82 Å². The average Bonchev–Trinajstić information content (AvgIpc) is 3.28. The monoisotopic (exact) mass is 370 g/mol. The number of hydrogen-bond donors (Lipinski definition) is 3. The second-order valence-corrected chi connectivity index (χ2v) is 5.78. The predicted octanol–water partition coefficient (Wildman–Crippen LogP) is 2.51. The number of benzene rings is 1. The van der Waals surface area contributed by atoms with E-state index in [4.69, 9.17) is 0 Å². The van der Waals surface area contributed by atoms with E-state index in [-0.39, 0.29) is 18.2 Å². The molecule has 0 radical (unpaired) electrons. The van der Waals surface area contributed by atoms with Crippen molar-refractivity contribution < 1.29 is 14.3 Å². The maximum absolute atomic E-state index is 13.3. The van der Waals surface area contributed by atoms with Crippen LogP contribution in [0.3, 0.4) is 0 Å². The van der Waals surface area contributed by atoms with Gasteiger partial charge in [0.05, 0.1) is 19.1 Å². The molecule has 0 aliphatic rings. The third-order valence-electron chi connectivity index (χ3n) is 3.92. The molecule has 2 heterocycles. The van der Waals surface area contributed by atoms with Crippen molar-refractivity contribution in [2.75, 3.05) is 12.0 Å². The quantitative estimate of drug-likeness (QED) is 0.437. The number of carbonyl (C=O) groups is 1. The molecule has 0 saturated carbocycles. The fraction of sp³-hybridized carbons (Fsp3) is 0.167.